The van der Waals surface area contributed by atoms with Gasteiger partial charge >= 0.3 is 0 Å². The third-order valence-electron chi connectivity index (χ3n) is 3.34. The minimum atomic E-state index is -0.0562. The summed E-state index contributed by atoms with van der Waals surface area (Å²) in [5.41, 5.74) is 2.49. The van der Waals surface area contributed by atoms with Crippen LogP contribution in [0.4, 0.5) is 5.69 Å². The fourth-order valence-corrected chi connectivity index (χ4v) is 2.71. The highest BCUT2D eigenvalue weighted by molar-refractivity contribution is 6.35. The molecule has 1 atom stereocenters. The van der Waals surface area contributed by atoms with Gasteiger partial charge in [-0.15, -0.1) is 0 Å². The Kier molecular flexibility index (Phi) is 5.15. The van der Waals surface area contributed by atoms with Crippen molar-refractivity contribution in [1.82, 2.24) is 10.3 Å². The van der Waals surface area contributed by atoms with E-state index in [4.69, 9.17) is 11.6 Å². The van der Waals surface area contributed by atoms with Crippen LogP contribution in [-0.2, 0) is 4.79 Å². The predicted molar refractivity (Wildman–Crippen MR) is 87.9 cm³/mol. The van der Waals surface area contributed by atoms with E-state index in [1.807, 2.05) is 39.0 Å². The van der Waals surface area contributed by atoms with E-state index in [0.717, 1.165) is 23.0 Å². The fourth-order valence-electron chi connectivity index (χ4n) is 2.40. The molecule has 0 aliphatic heterocycles. The summed E-state index contributed by atoms with van der Waals surface area (Å²) in [6, 6.07) is 5.73. The predicted octanol–water partition coefficient (Wildman–Crippen LogP) is 3.52. The molecule has 4 nitrogen and oxygen atoms in total. The Bertz CT molecular complexity index is 657. The molecule has 2 rings (SSSR count). The summed E-state index contributed by atoms with van der Waals surface area (Å²) >= 11 is 6.29. The van der Waals surface area contributed by atoms with Crippen LogP contribution in [0.3, 0.4) is 0 Å². The number of fused-ring (bicyclic) bond motifs is 1. The molecule has 1 unspecified atom stereocenters. The van der Waals surface area contributed by atoms with Crippen molar-refractivity contribution in [3.8, 4) is 0 Å². The number of aryl methyl sites for hydroxylation is 1. The number of benzene rings is 1. The van der Waals surface area contributed by atoms with Gasteiger partial charge in [-0.1, -0.05) is 18.5 Å². The molecule has 1 heterocycles. The van der Waals surface area contributed by atoms with Gasteiger partial charge in [0.05, 0.1) is 16.2 Å². The smallest absolute Gasteiger partial charge is 0.225 e. The molecule has 0 bridgehead atoms. The molecule has 2 aromatic rings. The maximum atomic E-state index is 12.1. The van der Waals surface area contributed by atoms with Gasteiger partial charge < -0.3 is 10.6 Å². The Morgan fingerprint density at radius 1 is 1.48 bits per heavy atom. The lowest BCUT2D eigenvalue weighted by molar-refractivity contribution is -0.116. The van der Waals surface area contributed by atoms with Crippen LogP contribution < -0.4 is 10.6 Å². The SMILES string of the molecule is CCNC(C)CC(=O)Nc1c(Cl)cc(C)c2ncccc12. The molecule has 1 amide bonds. The average molecular weight is 306 g/mol. The summed E-state index contributed by atoms with van der Waals surface area (Å²) in [4.78, 5) is 16.5. The summed E-state index contributed by atoms with van der Waals surface area (Å²) < 4.78 is 0. The van der Waals surface area contributed by atoms with Crippen LogP contribution in [0, 0.1) is 6.92 Å². The van der Waals surface area contributed by atoms with E-state index in [2.05, 4.69) is 15.6 Å². The van der Waals surface area contributed by atoms with Crippen molar-refractivity contribution < 1.29 is 4.79 Å². The number of hydrogen-bond donors (Lipinski definition) is 2. The Hall–Kier alpha value is -1.65. The molecular weight excluding hydrogens is 286 g/mol. The number of nitrogens with one attached hydrogen (secondary N) is 2. The van der Waals surface area contributed by atoms with Crippen molar-refractivity contribution in [2.24, 2.45) is 0 Å². The molecule has 5 heteroatoms. The number of anilines is 1. The molecule has 1 aromatic carbocycles. The molecule has 0 spiro atoms. The van der Waals surface area contributed by atoms with Crippen molar-refractivity contribution in [3.05, 3.63) is 35.0 Å². The largest absolute Gasteiger partial charge is 0.324 e. The molecule has 0 fully saturated rings. The van der Waals surface area contributed by atoms with Crippen LogP contribution in [0.1, 0.15) is 25.8 Å². The monoisotopic (exact) mass is 305 g/mol. The second-order valence-electron chi connectivity index (χ2n) is 5.16. The van der Waals surface area contributed by atoms with Gasteiger partial charge in [0, 0.05) is 24.0 Å². The minimum Gasteiger partial charge on any atom is -0.324 e. The minimum absolute atomic E-state index is 0.0562. The molecule has 0 aliphatic rings. The number of halogens is 1. The van der Waals surface area contributed by atoms with E-state index in [9.17, 15) is 4.79 Å². The third kappa shape index (κ3) is 3.71. The number of nitrogens with zero attached hydrogens (tertiary/aromatic N) is 1. The zero-order chi connectivity index (χ0) is 15.4. The Labute approximate surface area is 129 Å². The molecule has 1 aromatic heterocycles. The highest BCUT2D eigenvalue weighted by atomic mass is 35.5. The van der Waals surface area contributed by atoms with Gasteiger partial charge in [-0.05, 0) is 44.2 Å². The zero-order valence-electron chi connectivity index (χ0n) is 12.5. The Morgan fingerprint density at radius 3 is 2.95 bits per heavy atom. The van der Waals surface area contributed by atoms with Crippen molar-refractivity contribution in [2.75, 3.05) is 11.9 Å². The van der Waals surface area contributed by atoms with Gasteiger partial charge in [0.1, 0.15) is 0 Å². The first kappa shape index (κ1) is 15.7. The van der Waals surface area contributed by atoms with Gasteiger partial charge in [0.2, 0.25) is 5.91 Å². The van der Waals surface area contributed by atoms with E-state index in [-0.39, 0.29) is 11.9 Å². The first-order chi connectivity index (χ1) is 10.0. The topological polar surface area (TPSA) is 54.0 Å². The van der Waals surface area contributed by atoms with E-state index in [1.165, 1.54) is 0 Å². The van der Waals surface area contributed by atoms with E-state index < -0.39 is 0 Å². The molecule has 21 heavy (non-hydrogen) atoms. The molecule has 0 saturated heterocycles. The van der Waals surface area contributed by atoms with Gasteiger partial charge in [0.25, 0.3) is 0 Å². The van der Waals surface area contributed by atoms with Crippen LogP contribution in [0.15, 0.2) is 24.4 Å². The van der Waals surface area contributed by atoms with Gasteiger partial charge in [-0.25, -0.2) is 0 Å². The molecular formula is C16H20ClN3O. The first-order valence-electron chi connectivity index (χ1n) is 7.10. The van der Waals surface area contributed by atoms with Gasteiger partial charge in [-0.3, -0.25) is 9.78 Å². The molecule has 0 saturated carbocycles. The third-order valence-corrected chi connectivity index (χ3v) is 3.64. The maximum absolute atomic E-state index is 12.1. The lowest BCUT2D eigenvalue weighted by atomic mass is 10.1. The lowest BCUT2D eigenvalue weighted by Gasteiger charge is -2.15. The Morgan fingerprint density at radius 2 is 2.24 bits per heavy atom. The standard InChI is InChI=1S/C16H20ClN3O/c1-4-18-11(3)9-14(21)20-16-12-6-5-7-19-15(12)10(2)8-13(16)17/h5-8,11,18H,4,9H2,1-3H3,(H,20,21). The highest BCUT2D eigenvalue weighted by Gasteiger charge is 2.14. The summed E-state index contributed by atoms with van der Waals surface area (Å²) in [6.07, 6.45) is 2.14. The van der Waals surface area contributed by atoms with E-state index in [1.54, 1.807) is 6.20 Å². The summed E-state index contributed by atoms with van der Waals surface area (Å²) in [6.45, 7) is 6.80. The average Bonchev–Trinajstić information content (AvgIpc) is 2.43. The summed E-state index contributed by atoms with van der Waals surface area (Å²) in [5.74, 6) is -0.0562. The fraction of sp³-hybridized carbons (Fsp3) is 0.375. The first-order valence-corrected chi connectivity index (χ1v) is 7.47. The second kappa shape index (κ2) is 6.87. The van der Waals surface area contributed by atoms with Gasteiger partial charge in [0.15, 0.2) is 0 Å². The molecule has 0 radical (unpaired) electrons. The van der Waals surface area contributed by atoms with Crippen LogP contribution in [0.25, 0.3) is 10.9 Å². The van der Waals surface area contributed by atoms with Crippen LogP contribution in [0.5, 0.6) is 0 Å². The van der Waals surface area contributed by atoms with Crippen molar-refractivity contribution >= 4 is 34.1 Å². The van der Waals surface area contributed by atoms with Crippen LogP contribution in [-0.4, -0.2) is 23.5 Å². The molecule has 112 valence electrons. The quantitative estimate of drug-likeness (QED) is 0.888. The van der Waals surface area contributed by atoms with Crippen molar-refractivity contribution in [1.29, 1.82) is 0 Å². The number of carbonyl (C=O) groups excluding carboxylic acids is 1. The summed E-state index contributed by atoms with van der Waals surface area (Å²) in [5, 5.41) is 7.54. The van der Waals surface area contributed by atoms with Crippen LogP contribution in [0.2, 0.25) is 5.02 Å². The summed E-state index contributed by atoms with van der Waals surface area (Å²) in [7, 11) is 0. The maximum Gasteiger partial charge on any atom is 0.225 e. The lowest BCUT2D eigenvalue weighted by Crippen LogP contribution is -2.30. The highest BCUT2D eigenvalue weighted by Crippen LogP contribution is 2.32. The number of amides is 1. The van der Waals surface area contributed by atoms with Crippen molar-refractivity contribution in [3.63, 3.8) is 0 Å². The number of carbonyl (C=O) groups is 1. The van der Waals surface area contributed by atoms with Crippen molar-refractivity contribution in [2.45, 2.75) is 33.2 Å². The number of pyridine rings is 1. The van der Waals surface area contributed by atoms with Gasteiger partial charge in [-0.2, -0.15) is 0 Å². The van der Waals surface area contributed by atoms with Crippen LogP contribution >= 0.6 is 11.6 Å². The molecule has 0 aliphatic carbocycles. The number of rotatable bonds is 5. The van der Waals surface area contributed by atoms with E-state index >= 15 is 0 Å². The second-order valence-corrected chi connectivity index (χ2v) is 5.57. The molecule has 2 N–H and O–H groups in total. The normalized spacial score (nSPS) is 12.4. The number of hydrogen-bond acceptors (Lipinski definition) is 3. The Balaban J connectivity index is 2.28. The van der Waals surface area contributed by atoms with E-state index in [0.29, 0.717) is 17.1 Å². The number of aromatic nitrogens is 1. The zero-order valence-corrected chi connectivity index (χ0v) is 13.3.